The first kappa shape index (κ1) is 17.9. The van der Waals surface area contributed by atoms with Gasteiger partial charge in [0, 0.05) is 0 Å². The molecule has 0 aliphatic carbocycles. The number of nitrogens with one attached hydrogen (secondary N) is 3. The van der Waals surface area contributed by atoms with E-state index < -0.39 is 6.04 Å². The average Bonchev–Trinajstić information content (AvgIpc) is 2.85. The maximum atomic E-state index is 11.8. The zero-order chi connectivity index (χ0) is 15.4. The summed E-state index contributed by atoms with van der Waals surface area (Å²) >= 11 is 0. The molecule has 2 rings (SSSR count). The van der Waals surface area contributed by atoms with Crippen LogP contribution >= 0.6 is 12.4 Å². The van der Waals surface area contributed by atoms with Crippen molar-refractivity contribution < 1.29 is 9.59 Å². The maximum Gasteiger partial charge on any atom is 0.246 e. The van der Waals surface area contributed by atoms with Crippen LogP contribution in [0.15, 0.2) is 24.3 Å². The summed E-state index contributed by atoms with van der Waals surface area (Å²) in [5.74, 6) is -0.338. The number of rotatable bonds is 5. The Labute approximate surface area is 134 Å². The summed E-state index contributed by atoms with van der Waals surface area (Å²) in [6.07, 6.45) is 0. The number of nitrogens with zero attached hydrogens (tertiary/aromatic N) is 1. The lowest BCUT2D eigenvalue weighted by atomic mass is 10.1. The fraction of sp³-hybridized carbons (Fsp3) is 0.357. The SMILES string of the molecule is CC(C)[C@H](N)C(=O)NCC(=O)Nc1nc2ccccc2[nH]1.Cl. The van der Waals surface area contributed by atoms with Crippen LogP contribution in [-0.2, 0) is 9.59 Å². The van der Waals surface area contributed by atoms with Gasteiger partial charge in [0.25, 0.3) is 0 Å². The molecule has 1 atom stereocenters. The summed E-state index contributed by atoms with van der Waals surface area (Å²) in [7, 11) is 0. The largest absolute Gasteiger partial charge is 0.346 e. The van der Waals surface area contributed by atoms with Gasteiger partial charge in [0.2, 0.25) is 17.8 Å². The minimum Gasteiger partial charge on any atom is -0.346 e. The van der Waals surface area contributed by atoms with Crippen molar-refractivity contribution >= 4 is 41.2 Å². The third kappa shape index (κ3) is 4.44. The summed E-state index contributed by atoms with van der Waals surface area (Å²) < 4.78 is 0. The molecular formula is C14H20ClN5O2. The lowest BCUT2D eigenvalue weighted by molar-refractivity contribution is -0.125. The number of nitrogens with two attached hydrogens (primary N) is 1. The van der Waals surface area contributed by atoms with Crippen molar-refractivity contribution in [3.05, 3.63) is 24.3 Å². The number of carbonyl (C=O) groups excluding carboxylic acids is 2. The smallest absolute Gasteiger partial charge is 0.246 e. The monoisotopic (exact) mass is 325 g/mol. The number of aromatic amines is 1. The third-order valence-electron chi connectivity index (χ3n) is 3.09. The molecule has 2 aromatic rings. The first-order valence-electron chi connectivity index (χ1n) is 6.75. The molecule has 0 aliphatic rings. The van der Waals surface area contributed by atoms with Crippen LogP contribution in [0.4, 0.5) is 5.95 Å². The fourth-order valence-corrected chi connectivity index (χ4v) is 1.78. The molecule has 0 bridgehead atoms. The van der Waals surface area contributed by atoms with Gasteiger partial charge in [-0.25, -0.2) is 4.98 Å². The van der Waals surface area contributed by atoms with Gasteiger partial charge in [0.15, 0.2) is 0 Å². The molecule has 0 unspecified atom stereocenters. The number of benzene rings is 1. The summed E-state index contributed by atoms with van der Waals surface area (Å²) in [5.41, 5.74) is 7.28. The highest BCUT2D eigenvalue weighted by molar-refractivity contribution is 5.95. The molecule has 1 heterocycles. The second kappa shape index (κ2) is 7.77. The van der Waals surface area contributed by atoms with E-state index in [0.717, 1.165) is 11.0 Å². The van der Waals surface area contributed by atoms with E-state index in [1.807, 2.05) is 38.1 Å². The number of fused-ring (bicyclic) bond motifs is 1. The topological polar surface area (TPSA) is 113 Å². The zero-order valence-corrected chi connectivity index (χ0v) is 13.2. The second-order valence-electron chi connectivity index (χ2n) is 5.14. The van der Waals surface area contributed by atoms with Gasteiger partial charge < -0.3 is 16.0 Å². The van der Waals surface area contributed by atoms with Crippen LogP contribution in [0.1, 0.15) is 13.8 Å². The van der Waals surface area contributed by atoms with Crippen molar-refractivity contribution in [2.75, 3.05) is 11.9 Å². The molecule has 0 spiro atoms. The van der Waals surface area contributed by atoms with Gasteiger partial charge in [-0.2, -0.15) is 0 Å². The molecule has 8 heteroatoms. The van der Waals surface area contributed by atoms with E-state index in [0.29, 0.717) is 5.95 Å². The first-order chi connectivity index (χ1) is 9.97. The quantitative estimate of drug-likeness (QED) is 0.657. The normalized spacial score (nSPS) is 11.8. The minimum atomic E-state index is -0.621. The van der Waals surface area contributed by atoms with Crippen molar-refractivity contribution in [3.63, 3.8) is 0 Å². The number of hydrogen-bond acceptors (Lipinski definition) is 4. The van der Waals surface area contributed by atoms with Gasteiger partial charge in [-0.3, -0.25) is 14.9 Å². The maximum absolute atomic E-state index is 11.8. The van der Waals surface area contributed by atoms with E-state index in [9.17, 15) is 9.59 Å². The van der Waals surface area contributed by atoms with E-state index in [-0.39, 0.29) is 36.7 Å². The Morgan fingerprint density at radius 2 is 2.00 bits per heavy atom. The number of para-hydroxylation sites is 2. The van der Waals surface area contributed by atoms with Crippen LogP contribution in [0.5, 0.6) is 0 Å². The summed E-state index contributed by atoms with van der Waals surface area (Å²) in [5, 5.41) is 5.09. The third-order valence-corrected chi connectivity index (χ3v) is 3.09. The number of imidazole rings is 1. The molecule has 0 saturated carbocycles. The number of aromatic nitrogens is 2. The molecule has 1 aromatic carbocycles. The average molecular weight is 326 g/mol. The van der Waals surface area contributed by atoms with Crippen molar-refractivity contribution in [1.29, 1.82) is 0 Å². The Kier molecular flexibility index (Phi) is 6.33. The van der Waals surface area contributed by atoms with Gasteiger partial charge in [-0.1, -0.05) is 26.0 Å². The van der Waals surface area contributed by atoms with Gasteiger partial charge >= 0.3 is 0 Å². The molecular weight excluding hydrogens is 306 g/mol. The van der Waals surface area contributed by atoms with Crippen LogP contribution in [0, 0.1) is 5.92 Å². The van der Waals surface area contributed by atoms with Gasteiger partial charge in [0.1, 0.15) is 0 Å². The van der Waals surface area contributed by atoms with Crippen LogP contribution < -0.4 is 16.4 Å². The Bertz CT molecular complexity index is 622. The van der Waals surface area contributed by atoms with Crippen molar-refractivity contribution in [2.45, 2.75) is 19.9 Å². The highest BCUT2D eigenvalue weighted by Crippen LogP contribution is 2.12. The van der Waals surface area contributed by atoms with Crippen LogP contribution in [0.3, 0.4) is 0 Å². The molecule has 0 fully saturated rings. The minimum absolute atomic E-state index is 0. The van der Waals surface area contributed by atoms with Crippen molar-refractivity contribution in [3.8, 4) is 0 Å². The number of hydrogen-bond donors (Lipinski definition) is 4. The van der Waals surface area contributed by atoms with Crippen LogP contribution in [0.25, 0.3) is 11.0 Å². The molecule has 1 aromatic heterocycles. The number of halogens is 1. The molecule has 5 N–H and O–H groups in total. The predicted molar refractivity (Wildman–Crippen MR) is 87.8 cm³/mol. The van der Waals surface area contributed by atoms with Crippen LogP contribution in [-0.4, -0.2) is 34.4 Å². The van der Waals surface area contributed by atoms with Gasteiger partial charge in [-0.05, 0) is 18.1 Å². The predicted octanol–water partition coefficient (Wildman–Crippen LogP) is 1.02. The highest BCUT2D eigenvalue weighted by atomic mass is 35.5. The fourth-order valence-electron chi connectivity index (χ4n) is 1.78. The number of amides is 2. The molecule has 120 valence electrons. The first-order valence-corrected chi connectivity index (χ1v) is 6.75. The van der Waals surface area contributed by atoms with E-state index >= 15 is 0 Å². The zero-order valence-electron chi connectivity index (χ0n) is 12.4. The summed E-state index contributed by atoms with van der Waals surface area (Å²) in [4.78, 5) is 30.6. The van der Waals surface area contributed by atoms with Crippen molar-refractivity contribution in [1.82, 2.24) is 15.3 Å². The van der Waals surface area contributed by atoms with E-state index in [1.54, 1.807) is 0 Å². The molecule has 0 aliphatic heterocycles. The summed E-state index contributed by atoms with van der Waals surface area (Å²) in [6.45, 7) is 3.55. The molecule has 0 saturated heterocycles. The molecule has 2 amide bonds. The summed E-state index contributed by atoms with van der Waals surface area (Å²) in [6, 6.07) is 6.82. The number of carbonyl (C=O) groups is 2. The van der Waals surface area contributed by atoms with Gasteiger partial charge in [-0.15, -0.1) is 12.4 Å². The lowest BCUT2D eigenvalue weighted by Gasteiger charge is -2.14. The Morgan fingerprint density at radius 1 is 1.32 bits per heavy atom. The second-order valence-corrected chi connectivity index (χ2v) is 5.14. The van der Waals surface area contributed by atoms with Gasteiger partial charge in [0.05, 0.1) is 23.6 Å². The van der Waals surface area contributed by atoms with Crippen LogP contribution in [0.2, 0.25) is 0 Å². The Hall–Kier alpha value is -2.12. The molecule has 0 radical (unpaired) electrons. The molecule has 22 heavy (non-hydrogen) atoms. The van der Waals surface area contributed by atoms with E-state index in [1.165, 1.54) is 0 Å². The Balaban J connectivity index is 0.00000242. The lowest BCUT2D eigenvalue weighted by Crippen LogP contribution is -2.46. The standard InChI is InChI=1S/C14H19N5O2.ClH/c1-8(2)12(15)13(21)16-7-11(20)19-14-17-9-5-3-4-6-10(9)18-14;/h3-6,8,12H,7,15H2,1-2H3,(H,16,21)(H2,17,18,19,20);1H/t12-;/m0./s1. The molecule has 7 nitrogen and oxygen atoms in total. The van der Waals surface area contributed by atoms with Crippen molar-refractivity contribution in [2.24, 2.45) is 11.7 Å². The Morgan fingerprint density at radius 3 is 2.64 bits per heavy atom. The van der Waals surface area contributed by atoms with E-state index in [2.05, 4.69) is 20.6 Å². The van der Waals surface area contributed by atoms with E-state index in [4.69, 9.17) is 5.73 Å². The highest BCUT2D eigenvalue weighted by Gasteiger charge is 2.17. The number of anilines is 1. The number of H-pyrrole nitrogens is 1.